The van der Waals surface area contributed by atoms with Gasteiger partial charge in [0.25, 0.3) is 10.0 Å². The zero-order valence-corrected chi connectivity index (χ0v) is 12.1. The van der Waals surface area contributed by atoms with Gasteiger partial charge < -0.3 is 10.0 Å². The second kappa shape index (κ2) is 5.38. The number of aromatic amines is 1. The number of hydrogen-bond donors (Lipinski definition) is 2. The third-order valence-corrected chi connectivity index (χ3v) is 5.38. The predicted molar refractivity (Wildman–Crippen MR) is 77.7 cm³/mol. The van der Waals surface area contributed by atoms with Gasteiger partial charge in [0.2, 0.25) is 0 Å². The molecule has 1 aliphatic heterocycles. The summed E-state index contributed by atoms with van der Waals surface area (Å²) in [6, 6.07) is 8.52. The molecule has 2 aromatic rings. The molecule has 21 heavy (non-hydrogen) atoms. The Labute approximate surface area is 122 Å². The van der Waals surface area contributed by atoms with E-state index in [1.165, 1.54) is 16.6 Å². The molecule has 0 amide bonds. The highest BCUT2D eigenvalue weighted by Gasteiger charge is 2.29. The second-order valence-electron chi connectivity index (χ2n) is 4.80. The van der Waals surface area contributed by atoms with Crippen molar-refractivity contribution in [2.24, 2.45) is 0 Å². The molecule has 8 heteroatoms. The van der Waals surface area contributed by atoms with Gasteiger partial charge in [0.05, 0.1) is 11.9 Å². The van der Waals surface area contributed by atoms with Gasteiger partial charge in [-0.15, -0.1) is 0 Å². The number of H-pyrrole nitrogens is 1. The molecule has 1 aliphatic rings. The van der Waals surface area contributed by atoms with E-state index in [1.807, 2.05) is 17.0 Å². The molecule has 0 unspecified atom stereocenters. The predicted octanol–water partition coefficient (Wildman–Crippen LogP) is 0.626. The molecule has 0 saturated carbocycles. The first-order chi connectivity index (χ1) is 10.1. The largest absolute Gasteiger partial charge is 0.506 e. The maximum atomic E-state index is 12.3. The summed E-state index contributed by atoms with van der Waals surface area (Å²) in [5, 5.41) is 16.1. The lowest BCUT2D eigenvalue weighted by molar-refractivity contribution is 0.380. The summed E-state index contributed by atoms with van der Waals surface area (Å²) >= 11 is 0. The first kappa shape index (κ1) is 13.9. The number of nitrogens with zero attached hydrogens (tertiary/aromatic N) is 3. The lowest BCUT2D eigenvalue weighted by Crippen LogP contribution is -2.48. The van der Waals surface area contributed by atoms with E-state index in [9.17, 15) is 13.5 Å². The van der Waals surface area contributed by atoms with Gasteiger partial charge in [0.15, 0.2) is 5.03 Å². The number of aromatic nitrogens is 2. The number of phenols is 1. The van der Waals surface area contributed by atoms with Crippen LogP contribution in [0.25, 0.3) is 0 Å². The number of hydrogen-bond acceptors (Lipinski definition) is 5. The number of phenolic OH excluding ortho intramolecular Hbond substituents is 1. The lowest BCUT2D eigenvalue weighted by Gasteiger charge is -2.35. The lowest BCUT2D eigenvalue weighted by atomic mass is 10.2. The van der Waals surface area contributed by atoms with Crippen LogP contribution in [0.3, 0.4) is 0 Å². The van der Waals surface area contributed by atoms with E-state index in [-0.39, 0.29) is 10.8 Å². The van der Waals surface area contributed by atoms with Crippen LogP contribution in [0.2, 0.25) is 0 Å². The zero-order chi connectivity index (χ0) is 14.9. The third kappa shape index (κ3) is 2.59. The van der Waals surface area contributed by atoms with E-state index >= 15 is 0 Å². The highest BCUT2D eigenvalue weighted by molar-refractivity contribution is 7.89. The molecular weight excluding hydrogens is 292 g/mol. The number of piperazine rings is 1. The van der Waals surface area contributed by atoms with Crippen molar-refractivity contribution in [1.82, 2.24) is 14.5 Å². The Bertz CT molecular complexity index is 707. The number of rotatable bonds is 3. The maximum absolute atomic E-state index is 12.3. The maximum Gasteiger partial charge on any atom is 0.260 e. The Kier molecular flexibility index (Phi) is 3.56. The van der Waals surface area contributed by atoms with Crippen LogP contribution in [0, 0.1) is 0 Å². The van der Waals surface area contributed by atoms with E-state index in [0.29, 0.717) is 26.2 Å². The average molecular weight is 308 g/mol. The van der Waals surface area contributed by atoms with Crippen molar-refractivity contribution in [2.45, 2.75) is 5.03 Å². The molecular formula is C13H16N4O3S. The molecule has 0 radical (unpaired) electrons. The van der Waals surface area contributed by atoms with Crippen LogP contribution in [0.15, 0.2) is 41.6 Å². The summed E-state index contributed by atoms with van der Waals surface area (Å²) in [5.74, 6) is 0.211. The minimum Gasteiger partial charge on any atom is -0.506 e. The molecule has 1 aromatic carbocycles. The van der Waals surface area contributed by atoms with E-state index in [1.54, 1.807) is 12.1 Å². The van der Waals surface area contributed by atoms with Gasteiger partial charge in [-0.2, -0.15) is 9.40 Å². The highest BCUT2D eigenvalue weighted by atomic mass is 32.2. The molecule has 1 aromatic heterocycles. The molecule has 3 rings (SSSR count). The van der Waals surface area contributed by atoms with Crippen LogP contribution in [-0.2, 0) is 10.0 Å². The van der Waals surface area contributed by atoms with Crippen molar-refractivity contribution in [2.75, 3.05) is 31.1 Å². The normalized spacial score (nSPS) is 17.0. The van der Waals surface area contributed by atoms with Crippen molar-refractivity contribution < 1.29 is 13.5 Å². The van der Waals surface area contributed by atoms with Crippen LogP contribution >= 0.6 is 0 Å². The van der Waals surface area contributed by atoms with Gasteiger partial charge in [-0.3, -0.25) is 5.10 Å². The summed E-state index contributed by atoms with van der Waals surface area (Å²) in [6.07, 6.45) is 1.42. The zero-order valence-electron chi connectivity index (χ0n) is 11.3. The minimum absolute atomic E-state index is 0.110. The number of para-hydroxylation sites is 2. The number of nitrogens with one attached hydrogen (secondary N) is 1. The number of benzene rings is 1. The van der Waals surface area contributed by atoms with Crippen molar-refractivity contribution >= 4 is 15.7 Å². The molecule has 0 spiro atoms. The summed E-state index contributed by atoms with van der Waals surface area (Å²) in [4.78, 5) is 1.98. The first-order valence-electron chi connectivity index (χ1n) is 6.61. The van der Waals surface area contributed by atoms with Crippen molar-refractivity contribution in [3.63, 3.8) is 0 Å². The Balaban J connectivity index is 1.73. The van der Waals surface area contributed by atoms with Crippen molar-refractivity contribution in [3.8, 4) is 5.75 Å². The highest BCUT2D eigenvalue weighted by Crippen LogP contribution is 2.28. The molecule has 0 atom stereocenters. The molecule has 2 N–H and O–H groups in total. The molecule has 7 nitrogen and oxygen atoms in total. The van der Waals surface area contributed by atoms with E-state index in [4.69, 9.17) is 0 Å². The van der Waals surface area contributed by atoms with Crippen LogP contribution in [0.1, 0.15) is 0 Å². The molecule has 112 valence electrons. The second-order valence-corrected chi connectivity index (χ2v) is 6.71. The van der Waals surface area contributed by atoms with Crippen LogP contribution in [0.4, 0.5) is 5.69 Å². The van der Waals surface area contributed by atoms with Gasteiger partial charge in [0.1, 0.15) is 5.75 Å². The fourth-order valence-corrected chi connectivity index (χ4v) is 3.75. The van der Waals surface area contributed by atoms with Gasteiger partial charge in [0, 0.05) is 26.2 Å². The summed E-state index contributed by atoms with van der Waals surface area (Å²) in [6.45, 7) is 1.81. The Morgan fingerprint density at radius 3 is 2.43 bits per heavy atom. The Hall–Kier alpha value is -2.06. The molecule has 0 aliphatic carbocycles. The van der Waals surface area contributed by atoms with Gasteiger partial charge in [-0.1, -0.05) is 12.1 Å². The van der Waals surface area contributed by atoms with Crippen LogP contribution in [0.5, 0.6) is 5.75 Å². The van der Waals surface area contributed by atoms with Crippen LogP contribution in [-0.4, -0.2) is 54.2 Å². The topological polar surface area (TPSA) is 89.5 Å². The summed E-state index contributed by atoms with van der Waals surface area (Å²) < 4.78 is 26.1. The third-order valence-electron chi connectivity index (χ3n) is 3.55. The van der Waals surface area contributed by atoms with Gasteiger partial charge in [-0.05, 0) is 18.2 Å². The SMILES string of the molecule is O=S(=O)(c1ccn[nH]1)N1CCN(c2ccccc2O)CC1. The minimum atomic E-state index is -3.51. The van der Waals surface area contributed by atoms with Crippen molar-refractivity contribution in [3.05, 3.63) is 36.5 Å². The van der Waals surface area contributed by atoms with Crippen molar-refractivity contribution in [1.29, 1.82) is 0 Å². The van der Waals surface area contributed by atoms with Gasteiger partial charge in [-0.25, -0.2) is 8.42 Å². The van der Waals surface area contributed by atoms with E-state index in [2.05, 4.69) is 10.2 Å². The van der Waals surface area contributed by atoms with E-state index < -0.39 is 10.0 Å². The summed E-state index contributed by atoms with van der Waals surface area (Å²) in [5.41, 5.74) is 0.732. The van der Waals surface area contributed by atoms with E-state index in [0.717, 1.165) is 5.69 Å². The number of sulfonamides is 1. The molecule has 1 fully saturated rings. The molecule has 1 saturated heterocycles. The Morgan fingerprint density at radius 2 is 1.81 bits per heavy atom. The number of aromatic hydroxyl groups is 1. The molecule has 2 heterocycles. The fraction of sp³-hybridized carbons (Fsp3) is 0.308. The smallest absolute Gasteiger partial charge is 0.260 e. The quantitative estimate of drug-likeness (QED) is 0.868. The molecule has 0 bridgehead atoms. The average Bonchev–Trinajstić information content (AvgIpc) is 3.03. The monoisotopic (exact) mass is 308 g/mol. The fourth-order valence-electron chi connectivity index (χ4n) is 2.43. The standard InChI is InChI=1S/C13H16N4O3S/c18-12-4-2-1-3-11(12)16-7-9-17(10-8-16)21(19,20)13-5-6-14-15-13/h1-6,18H,7-10H2,(H,14,15). The van der Waals surface area contributed by atoms with Crippen LogP contribution < -0.4 is 4.90 Å². The Morgan fingerprint density at radius 1 is 1.10 bits per heavy atom. The number of anilines is 1. The van der Waals surface area contributed by atoms with Gasteiger partial charge >= 0.3 is 0 Å². The summed E-state index contributed by atoms with van der Waals surface area (Å²) in [7, 11) is -3.51. The first-order valence-corrected chi connectivity index (χ1v) is 8.05.